The van der Waals surface area contributed by atoms with Crippen LogP contribution in [0.25, 0.3) is 10.9 Å². The number of aromatic amines is 1. The van der Waals surface area contributed by atoms with E-state index in [1.807, 2.05) is 6.07 Å². The maximum absolute atomic E-state index is 13.3. The molecule has 4 heteroatoms. The van der Waals surface area contributed by atoms with Crippen molar-refractivity contribution in [2.24, 2.45) is 0 Å². The SMILES string of the molecule is Cc1[nH]c2cc(F)ccc2c1CN1CCCNCC1. The molecule has 0 atom stereocenters. The van der Waals surface area contributed by atoms with Gasteiger partial charge in [0, 0.05) is 36.2 Å². The van der Waals surface area contributed by atoms with Crippen LogP contribution < -0.4 is 5.32 Å². The van der Waals surface area contributed by atoms with Gasteiger partial charge in [0.15, 0.2) is 0 Å². The predicted molar refractivity (Wildman–Crippen MR) is 75.8 cm³/mol. The molecule has 0 unspecified atom stereocenters. The number of H-pyrrole nitrogens is 1. The Morgan fingerprint density at radius 3 is 3.05 bits per heavy atom. The number of halogens is 1. The maximum Gasteiger partial charge on any atom is 0.125 e. The fourth-order valence-electron chi connectivity index (χ4n) is 2.85. The number of hydrogen-bond donors (Lipinski definition) is 2. The van der Waals surface area contributed by atoms with E-state index >= 15 is 0 Å². The third-order valence-electron chi connectivity index (χ3n) is 3.90. The second kappa shape index (κ2) is 5.31. The van der Waals surface area contributed by atoms with Crippen LogP contribution in [0.4, 0.5) is 4.39 Å². The summed E-state index contributed by atoms with van der Waals surface area (Å²) in [5.41, 5.74) is 3.36. The zero-order valence-electron chi connectivity index (χ0n) is 11.3. The summed E-state index contributed by atoms with van der Waals surface area (Å²) in [5.74, 6) is -0.181. The lowest BCUT2D eigenvalue weighted by atomic mass is 10.1. The largest absolute Gasteiger partial charge is 0.358 e. The first kappa shape index (κ1) is 12.6. The van der Waals surface area contributed by atoms with Gasteiger partial charge in [-0.1, -0.05) is 0 Å². The van der Waals surface area contributed by atoms with E-state index in [1.165, 1.54) is 12.0 Å². The summed E-state index contributed by atoms with van der Waals surface area (Å²) < 4.78 is 13.3. The molecule has 2 heterocycles. The minimum Gasteiger partial charge on any atom is -0.358 e. The van der Waals surface area contributed by atoms with Crippen molar-refractivity contribution in [3.8, 4) is 0 Å². The second-order valence-corrected chi connectivity index (χ2v) is 5.30. The molecule has 0 aliphatic carbocycles. The molecule has 1 fully saturated rings. The average molecular weight is 261 g/mol. The van der Waals surface area contributed by atoms with Gasteiger partial charge in [-0.25, -0.2) is 4.39 Å². The molecular formula is C15H20FN3. The Balaban J connectivity index is 1.89. The van der Waals surface area contributed by atoms with Crippen molar-refractivity contribution in [1.82, 2.24) is 15.2 Å². The zero-order chi connectivity index (χ0) is 13.2. The predicted octanol–water partition coefficient (Wildman–Crippen LogP) is 2.41. The number of fused-ring (bicyclic) bond motifs is 1. The molecule has 1 aliphatic rings. The molecule has 0 saturated carbocycles. The minimum atomic E-state index is -0.181. The van der Waals surface area contributed by atoms with Crippen molar-refractivity contribution in [3.63, 3.8) is 0 Å². The molecule has 19 heavy (non-hydrogen) atoms. The molecular weight excluding hydrogens is 241 g/mol. The Kier molecular flexibility index (Phi) is 3.53. The highest BCUT2D eigenvalue weighted by Crippen LogP contribution is 2.24. The summed E-state index contributed by atoms with van der Waals surface area (Å²) in [6.45, 7) is 7.38. The van der Waals surface area contributed by atoms with Crippen LogP contribution in [0.15, 0.2) is 18.2 Å². The van der Waals surface area contributed by atoms with E-state index in [0.717, 1.165) is 49.3 Å². The van der Waals surface area contributed by atoms with Gasteiger partial charge >= 0.3 is 0 Å². The van der Waals surface area contributed by atoms with E-state index in [2.05, 4.69) is 22.1 Å². The monoisotopic (exact) mass is 261 g/mol. The van der Waals surface area contributed by atoms with E-state index in [4.69, 9.17) is 0 Å². The van der Waals surface area contributed by atoms with Gasteiger partial charge in [-0.05, 0) is 50.2 Å². The van der Waals surface area contributed by atoms with Crippen LogP contribution >= 0.6 is 0 Å². The fraction of sp³-hybridized carbons (Fsp3) is 0.467. The fourth-order valence-corrected chi connectivity index (χ4v) is 2.85. The number of hydrogen-bond acceptors (Lipinski definition) is 2. The lowest BCUT2D eigenvalue weighted by molar-refractivity contribution is 0.285. The molecule has 3 nitrogen and oxygen atoms in total. The molecule has 2 N–H and O–H groups in total. The van der Waals surface area contributed by atoms with Crippen LogP contribution in [-0.2, 0) is 6.54 Å². The van der Waals surface area contributed by atoms with Gasteiger partial charge in [-0.2, -0.15) is 0 Å². The summed E-state index contributed by atoms with van der Waals surface area (Å²) in [6.07, 6.45) is 1.19. The summed E-state index contributed by atoms with van der Waals surface area (Å²) >= 11 is 0. The molecule has 1 aromatic heterocycles. The number of nitrogens with zero attached hydrogens (tertiary/aromatic N) is 1. The van der Waals surface area contributed by atoms with Gasteiger partial charge in [0.2, 0.25) is 0 Å². The summed E-state index contributed by atoms with van der Waals surface area (Å²) in [4.78, 5) is 5.76. The first-order valence-electron chi connectivity index (χ1n) is 6.94. The van der Waals surface area contributed by atoms with Gasteiger partial charge in [0.1, 0.15) is 5.82 Å². The van der Waals surface area contributed by atoms with Crippen molar-refractivity contribution >= 4 is 10.9 Å². The molecule has 102 valence electrons. The van der Waals surface area contributed by atoms with Gasteiger partial charge in [0.05, 0.1) is 0 Å². The first-order valence-corrected chi connectivity index (χ1v) is 6.94. The average Bonchev–Trinajstić information content (AvgIpc) is 2.57. The molecule has 1 aromatic carbocycles. The van der Waals surface area contributed by atoms with Gasteiger partial charge in [0.25, 0.3) is 0 Å². The van der Waals surface area contributed by atoms with Crippen LogP contribution in [-0.4, -0.2) is 36.1 Å². The molecule has 0 radical (unpaired) electrons. The normalized spacial score (nSPS) is 17.8. The topological polar surface area (TPSA) is 31.1 Å². The Morgan fingerprint density at radius 2 is 2.16 bits per heavy atom. The van der Waals surface area contributed by atoms with E-state index < -0.39 is 0 Å². The molecule has 3 rings (SSSR count). The zero-order valence-corrected chi connectivity index (χ0v) is 11.3. The first-order chi connectivity index (χ1) is 9.24. The van der Waals surface area contributed by atoms with Gasteiger partial charge < -0.3 is 10.3 Å². The summed E-state index contributed by atoms with van der Waals surface area (Å²) in [5, 5.41) is 4.57. The van der Waals surface area contributed by atoms with E-state index in [9.17, 15) is 4.39 Å². The smallest absolute Gasteiger partial charge is 0.125 e. The molecule has 1 saturated heterocycles. The van der Waals surface area contributed by atoms with Crippen molar-refractivity contribution in [1.29, 1.82) is 0 Å². The number of nitrogens with one attached hydrogen (secondary N) is 2. The van der Waals surface area contributed by atoms with Gasteiger partial charge in [-0.3, -0.25) is 4.90 Å². The molecule has 0 spiro atoms. The number of aryl methyl sites for hydroxylation is 1. The minimum absolute atomic E-state index is 0.181. The number of benzene rings is 1. The summed E-state index contributed by atoms with van der Waals surface area (Å²) in [7, 11) is 0. The number of aromatic nitrogens is 1. The van der Waals surface area contributed by atoms with Crippen LogP contribution in [0.1, 0.15) is 17.7 Å². The molecule has 2 aromatic rings. The Hall–Kier alpha value is -1.39. The Bertz CT molecular complexity index is 568. The van der Waals surface area contributed by atoms with E-state index in [0.29, 0.717) is 0 Å². The third-order valence-corrected chi connectivity index (χ3v) is 3.90. The highest BCUT2D eigenvalue weighted by atomic mass is 19.1. The molecule has 0 bridgehead atoms. The van der Waals surface area contributed by atoms with Crippen molar-refractivity contribution in [2.45, 2.75) is 19.9 Å². The van der Waals surface area contributed by atoms with Crippen LogP contribution in [0.2, 0.25) is 0 Å². The summed E-state index contributed by atoms with van der Waals surface area (Å²) in [6, 6.07) is 5.01. The highest BCUT2D eigenvalue weighted by molar-refractivity contribution is 5.84. The quantitative estimate of drug-likeness (QED) is 0.870. The highest BCUT2D eigenvalue weighted by Gasteiger charge is 2.14. The second-order valence-electron chi connectivity index (χ2n) is 5.30. The van der Waals surface area contributed by atoms with Crippen LogP contribution in [0, 0.1) is 12.7 Å². The Labute approximate surface area is 112 Å². The van der Waals surface area contributed by atoms with Crippen molar-refractivity contribution in [3.05, 3.63) is 35.3 Å². The number of rotatable bonds is 2. The lowest BCUT2D eigenvalue weighted by Gasteiger charge is -2.19. The van der Waals surface area contributed by atoms with Crippen LogP contribution in [0.3, 0.4) is 0 Å². The lowest BCUT2D eigenvalue weighted by Crippen LogP contribution is -2.27. The van der Waals surface area contributed by atoms with E-state index in [1.54, 1.807) is 12.1 Å². The maximum atomic E-state index is 13.3. The molecule has 1 aliphatic heterocycles. The van der Waals surface area contributed by atoms with Crippen molar-refractivity contribution < 1.29 is 4.39 Å². The van der Waals surface area contributed by atoms with Crippen molar-refractivity contribution in [2.75, 3.05) is 26.2 Å². The Morgan fingerprint density at radius 1 is 1.26 bits per heavy atom. The van der Waals surface area contributed by atoms with Crippen LogP contribution in [0.5, 0.6) is 0 Å². The van der Waals surface area contributed by atoms with E-state index in [-0.39, 0.29) is 5.82 Å². The third kappa shape index (κ3) is 2.65. The van der Waals surface area contributed by atoms with Gasteiger partial charge in [-0.15, -0.1) is 0 Å². The standard InChI is InChI=1S/C15H20FN3/c1-11-14(10-19-7-2-5-17-6-8-19)13-4-3-12(16)9-15(13)18-11/h3-4,9,17-18H,2,5-8,10H2,1H3. The molecule has 0 amide bonds.